The van der Waals surface area contributed by atoms with Crippen LogP contribution in [0.3, 0.4) is 0 Å². The first-order valence-corrected chi connectivity index (χ1v) is 2.72. The largest absolute Gasteiger partial charge is 0.382 e. The number of carbonyl (C=O) groups is 2. The molecule has 5 heteroatoms. The summed E-state index contributed by atoms with van der Waals surface area (Å²) in [5, 5.41) is 2.57. The van der Waals surface area contributed by atoms with Crippen LogP contribution in [-0.2, 0) is 11.3 Å². The van der Waals surface area contributed by atoms with Gasteiger partial charge in [-0.2, -0.15) is 0 Å². The highest BCUT2D eigenvalue weighted by Gasteiger charge is 2.07. The first kappa shape index (κ1) is 6.60. The molecule has 10 heavy (non-hydrogen) atoms. The molecule has 0 atom stereocenters. The molecule has 0 fully saturated rings. The number of aldehydes is 2. The maximum absolute atomic E-state index is 10.1. The summed E-state index contributed by atoms with van der Waals surface area (Å²) in [5.41, 5.74) is 5.57. The Morgan fingerprint density at radius 3 is 2.70 bits per heavy atom. The van der Waals surface area contributed by atoms with Crippen molar-refractivity contribution in [2.45, 2.75) is 6.54 Å². The van der Waals surface area contributed by atoms with Gasteiger partial charge in [-0.15, -0.1) is 0 Å². The molecular formula is C5H7N3O2. The predicted octanol–water partition coefficient (Wildman–Crippen LogP) is -0.590. The van der Waals surface area contributed by atoms with Crippen molar-refractivity contribution in [1.29, 1.82) is 0 Å². The first-order valence-electron chi connectivity index (χ1n) is 2.72. The zero-order chi connectivity index (χ0) is 7.56. The number of anilines is 1. The number of nitrogen functional groups attached to an aromatic ring is 1. The van der Waals surface area contributed by atoms with Crippen molar-refractivity contribution in [2.75, 3.05) is 5.73 Å². The van der Waals surface area contributed by atoms with E-state index >= 15 is 0 Å². The number of aromatic amines is 1. The molecule has 0 radical (unpaired) electrons. The third kappa shape index (κ3) is 0.812. The molecule has 0 unspecified atom stereocenters. The molecule has 0 aliphatic heterocycles. The maximum atomic E-state index is 10.1. The highest BCUT2D eigenvalue weighted by Crippen LogP contribution is 2.06. The predicted molar refractivity (Wildman–Crippen MR) is 34.6 cm³/mol. The van der Waals surface area contributed by atoms with E-state index in [9.17, 15) is 9.59 Å². The lowest BCUT2D eigenvalue weighted by Gasteiger charge is -2.13. The Morgan fingerprint density at radius 2 is 2.30 bits per heavy atom. The van der Waals surface area contributed by atoms with Gasteiger partial charge >= 0.3 is 0 Å². The van der Waals surface area contributed by atoms with E-state index in [0.29, 0.717) is 24.1 Å². The molecule has 0 aliphatic carbocycles. The highest BCUT2D eigenvalue weighted by atomic mass is 16.1. The Morgan fingerprint density at radius 1 is 1.60 bits per heavy atom. The Balaban J connectivity index is 2.78. The number of carbonyl (C=O) groups excluding carboxylic acids is 2. The molecule has 0 bridgehead atoms. The number of rotatable bonds is 3. The van der Waals surface area contributed by atoms with E-state index in [1.165, 1.54) is 4.68 Å². The van der Waals surface area contributed by atoms with E-state index in [0.717, 1.165) is 0 Å². The van der Waals surface area contributed by atoms with Crippen LogP contribution >= 0.6 is 0 Å². The smallest absolute Gasteiger partial charge is 0.171 e. The molecule has 1 heterocycles. The van der Waals surface area contributed by atoms with Crippen molar-refractivity contribution in [3.05, 3.63) is 5.69 Å². The van der Waals surface area contributed by atoms with Gasteiger partial charge in [0.15, 0.2) is 6.29 Å². The topological polar surface area (TPSA) is 80.9 Å². The van der Waals surface area contributed by atoms with E-state index in [1.807, 2.05) is 0 Å². The summed E-state index contributed by atoms with van der Waals surface area (Å²) < 4.78 is 1.37. The second-order valence-electron chi connectivity index (χ2n) is 1.81. The van der Waals surface area contributed by atoms with Gasteiger partial charge in [-0.3, -0.25) is 14.6 Å². The van der Waals surface area contributed by atoms with Crippen LogP contribution in [-0.4, -0.2) is 22.4 Å². The molecule has 0 aromatic carbocycles. The molecule has 0 amide bonds. The van der Waals surface area contributed by atoms with Crippen molar-refractivity contribution in [3.8, 4) is 0 Å². The van der Waals surface area contributed by atoms with Gasteiger partial charge in [0.2, 0.25) is 0 Å². The minimum atomic E-state index is 0.148. The fourth-order valence-corrected chi connectivity index (χ4v) is 0.701. The molecule has 5 nitrogen and oxygen atoms in total. The molecule has 54 valence electrons. The van der Waals surface area contributed by atoms with E-state index in [2.05, 4.69) is 5.10 Å². The second kappa shape index (κ2) is 2.38. The number of aromatic nitrogens is 2. The number of H-pyrrole nitrogens is 1. The summed E-state index contributed by atoms with van der Waals surface area (Å²) in [5.74, 6) is 0.317. The average Bonchev–Trinajstić information content (AvgIpc) is 1.88. The van der Waals surface area contributed by atoms with Crippen LogP contribution in [0.2, 0.25) is 0 Å². The highest BCUT2D eigenvalue weighted by molar-refractivity contribution is 5.80. The van der Waals surface area contributed by atoms with Crippen LogP contribution in [0.1, 0.15) is 10.5 Å². The summed E-state index contributed by atoms with van der Waals surface area (Å²) in [7, 11) is 0. The number of nitrogens with two attached hydrogens (primary N) is 1. The van der Waals surface area contributed by atoms with Gasteiger partial charge < -0.3 is 10.5 Å². The molecule has 1 aromatic rings. The van der Waals surface area contributed by atoms with Crippen molar-refractivity contribution >= 4 is 18.4 Å². The van der Waals surface area contributed by atoms with Gasteiger partial charge in [-0.25, -0.2) is 0 Å². The number of nitrogens with zero attached hydrogens (tertiary/aromatic N) is 1. The summed E-state index contributed by atoms with van der Waals surface area (Å²) >= 11 is 0. The molecular weight excluding hydrogens is 134 g/mol. The molecule has 0 saturated heterocycles. The molecule has 0 saturated carbocycles. The van der Waals surface area contributed by atoms with Crippen LogP contribution < -0.4 is 5.73 Å². The normalized spacial score (nSPS) is 9.60. The number of hydrogen-bond donors (Lipinski definition) is 2. The number of nitrogens with one attached hydrogen (secondary N) is 1. The van der Waals surface area contributed by atoms with Gasteiger partial charge in [0.05, 0.1) is 6.54 Å². The van der Waals surface area contributed by atoms with E-state index in [1.54, 1.807) is 0 Å². The minimum Gasteiger partial charge on any atom is -0.382 e. The van der Waals surface area contributed by atoms with Gasteiger partial charge in [-0.05, 0) is 0 Å². The molecule has 0 aliphatic rings. The third-order valence-corrected chi connectivity index (χ3v) is 1.19. The lowest BCUT2D eigenvalue weighted by atomic mass is 10.4. The van der Waals surface area contributed by atoms with Gasteiger partial charge in [-0.1, -0.05) is 0 Å². The van der Waals surface area contributed by atoms with Crippen LogP contribution in [0, 0.1) is 0 Å². The van der Waals surface area contributed by atoms with Crippen LogP contribution in [0.5, 0.6) is 0 Å². The zero-order valence-electron chi connectivity index (χ0n) is 5.20. The van der Waals surface area contributed by atoms with E-state index in [-0.39, 0.29) is 6.54 Å². The monoisotopic (exact) mass is 141 g/mol. The Bertz CT molecular complexity index is 248. The van der Waals surface area contributed by atoms with Gasteiger partial charge in [0.25, 0.3) is 0 Å². The van der Waals surface area contributed by atoms with Gasteiger partial charge in [0.1, 0.15) is 17.8 Å². The molecule has 0 spiro atoms. The Hall–Kier alpha value is -1.52. The van der Waals surface area contributed by atoms with E-state index < -0.39 is 0 Å². The van der Waals surface area contributed by atoms with Crippen molar-refractivity contribution < 1.29 is 9.59 Å². The Kier molecular flexibility index (Phi) is 1.57. The summed E-state index contributed by atoms with van der Waals surface area (Å²) in [6.45, 7) is 0.148. The lowest BCUT2D eigenvalue weighted by molar-refractivity contribution is -0.108. The average molecular weight is 141 g/mol. The quantitative estimate of drug-likeness (QED) is 0.552. The fourth-order valence-electron chi connectivity index (χ4n) is 0.701. The zero-order valence-corrected chi connectivity index (χ0v) is 5.20. The van der Waals surface area contributed by atoms with Crippen molar-refractivity contribution in [2.24, 2.45) is 0 Å². The summed E-state index contributed by atoms with van der Waals surface area (Å²) in [6.07, 6.45) is 1.29. The van der Waals surface area contributed by atoms with Crippen molar-refractivity contribution in [1.82, 2.24) is 9.78 Å². The molecule has 1 rings (SSSR count). The third-order valence-electron chi connectivity index (χ3n) is 1.19. The molecule has 3 N–H and O–H groups in total. The standard InChI is InChI=1S/C5H7N3O2/c6-5-4(3-10)8(7-5)1-2-9/h2-3,7H,1,6H2. The Labute approximate surface area is 56.8 Å². The van der Waals surface area contributed by atoms with Crippen LogP contribution in [0.25, 0.3) is 0 Å². The summed E-state index contributed by atoms with van der Waals surface area (Å²) in [4.78, 5) is 20.1. The maximum Gasteiger partial charge on any atom is 0.171 e. The van der Waals surface area contributed by atoms with Crippen molar-refractivity contribution in [3.63, 3.8) is 0 Å². The SMILES string of the molecule is Nc1[nH]n(CC=O)c1C=O. The minimum absolute atomic E-state index is 0.148. The van der Waals surface area contributed by atoms with Gasteiger partial charge in [0, 0.05) is 0 Å². The first-order chi connectivity index (χ1) is 4.79. The van der Waals surface area contributed by atoms with Crippen LogP contribution in [0.15, 0.2) is 0 Å². The van der Waals surface area contributed by atoms with E-state index in [4.69, 9.17) is 5.73 Å². The lowest BCUT2D eigenvalue weighted by Crippen LogP contribution is -2.20. The second-order valence-corrected chi connectivity index (χ2v) is 1.81. The summed E-state index contributed by atoms with van der Waals surface area (Å²) in [6, 6.07) is 0. The number of hydrogen-bond acceptors (Lipinski definition) is 3. The molecule has 1 aromatic heterocycles. The fraction of sp³-hybridized carbons (Fsp3) is 0.200. The van der Waals surface area contributed by atoms with Crippen LogP contribution in [0.4, 0.5) is 5.82 Å².